The van der Waals surface area contributed by atoms with Crippen molar-refractivity contribution in [1.82, 2.24) is 19.4 Å². The first-order chi connectivity index (χ1) is 10.2. The van der Waals surface area contributed by atoms with E-state index in [0.717, 1.165) is 54.1 Å². The normalized spacial score (nSPS) is 19.7. The Morgan fingerprint density at radius 2 is 2.29 bits per heavy atom. The Bertz CT molecular complexity index is 624. The topological polar surface area (TPSA) is 60.0 Å². The van der Waals surface area contributed by atoms with E-state index in [4.69, 9.17) is 5.73 Å². The SMILES string of the molecule is Cc1nc2ncc(Br)cc2n1CCCN1CC[C@H](CN)C1. The summed E-state index contributed by atoms with van der Waals surface area (Å²) in [6, 6.07) is 2.10. The standard InChI is InChI=1S/C15H22BrN5/c1-11-19-15-14(7-13(16)9-18-15)21(11)5-2-4-20-6-3-12(8-17)10-20/h7,9,12H,2-6,8,10,17H2,1H3/t12-/m1/s1. The molecule has 0 spiro atoms. The van der Waals surface area contributed by atoms with Crippen molar-refractivity contribution < 1.29 is 0 Å². The minimum absolute atomic E-state index is 0.695. The molecule has 114 valence electrons. The monoisotopic (exact) mass is 351 g/mol. The maximum atomic E-state index is 5.75. The molecule has 6 heteroatoms. The highest BCUT2D eigenvalue weighted by molar-refractivity contribution is 9.10. The van der Waals surface area contributed by atoms with Gasteiger partial charge in [-0.15, -0.1) is 0 Å². The fourth-order valence-corrected chi connectivity index (χ4v) is 3.46. The lowest BCUT2D eigenvalue weighted by Crippen LogP contribution is -2.25. The van der Waals surface area contributed by atoms with Crippen LogP contribution in [0.1, 0.15) is 18.7 Å². The molecule has 0 aromatic carbocycles. The van der Waals surface area contributed by atoms with E-state index in [1.165, 1.54) is 13.0 Å². The smallest absolute Gasteiger partial charge is 0.177 e. The molecule has 0 saturated carbocycles. The van der Waals surface area contributed by atoms with Gasteiger partial charge in [-0.2, -0.15) is 0 Å². The molecule has 21 heavy (non-hydrogen) atoms. The number of hydrogen-bond acceptors (Lipinski definition) is 4. The summed E-state index contributed by atoms with van der Waals surface area (Å²) in [5.74, 6) is 1.73. The largest absolute Gasteiger partial charge is 0.330 e. The van der Waals surface area contributed by atoms with E-state index in [1.807, 2.05) is 0 Å². The number of likely N-dealkylation sites (tertiary alicyclic amines) is 1. The summed E-state index contributed by atoms with van der Waals surface area (Å²) in [5, 5.41) is 0. The molecule has 0 amide bonds. The maximum absolute atomic E-state index is 5.75. The number of aromatic nitrogens is 3. The molecular formula is C15H22BrN5. The van der Waals surface area contributed by atoms with Gasteiger partial charge in [-0.25, -0.2) is 9.97 Å². The van der Waals surface area contributed by atoms with Crippen molar-refractivity contribution >= 4 is 27.1 Å². The molecule has 2 aromatic heterocycles. The van der Waals surface area contributed by atoms with Crippen LogP contribution in [0.2, 0.25) is 0 Å². The summed E-state index contributed by atoms with van der Waals surface area (Å²) < 4.78 is 3.27. The van der Waals surface area contributed by atoms with Crippen molar-refractivity contribution in [2.45, 2.75) is 26.3 Å². The number of fused-ring (bicyclic) bond motifs is 1. The zero-order valence-corrected chi connectivity index (χ0v) is 14.0. The number of hydrogen-bond donors (Lipinski definition) is 1. The van der Waals surface area contributed by atoms with Gasteiger partial charge >= 0.3 is 0 Å². The van der Waals surface area contributed by atoms with Gasteiger partial charge in [-0.05, 0) is 67.3 Å². The van der Waals surface area contributed by atoms with Gasteiger partial charge in [0.15, 0.2) is 5.65 Å². The molecule has 1 saturated heterocycles. The third kappa shape index (κ3) is 3.27. The van der Waals surface area contributed by atoms with E-state index in [9.17, 15) is 0 Å². The Morgan fingerprint density at radius 3 is 3.05 bits per heavy atom. The van der Waals surface area contributed by atoms with Crippen molar-refractivity contribution in [3.63, 3.8) is 0 Å². The van der Waals surface area contributed by atoms with E-state index < -0.39 is 0 Å². The van der Waals surface area contributed by atoms with E-state index in [0.29, 0.717) is 5.92 Å². The minimum atomic E-state index is 0.695. The Hall–Kier alpha value is -0.980. The molecule has 0 unspecified atom stereocenters. The van der Waals surface area contributed by atoms with Gasteiger partial charge in [-0.3, -0.25) is 0 Å². The summed E-state index contributed by atoms with van der Waals surface area (Å²) in [5.41, 5.74) is 7.70. The molecule has 3 rings (SSSR count). The highest BCUT2D eigenvalue weighted by Gasteiger charge is 2.20. The number of nitrogens with zero attached hydrogens (tertiary/aromatic N) is 4. The number of nitrogens with two attached hydrogens (primary N) is 1. The minimum Gasteiger partial charge on any atom is -0.330 e. The van der Waals surface area contributed by atoms with E-state index in [2.05, 4.69) is 48.4 Å². The fourth-order valence-electron chi connectivity index (χ4n) is 3.14. The van der Waals surface area contributed by atoms with E-state index in [-0.39, 0.29) is 0 Å². The maximum Gasteiger partial charge on any atom is 0.177 e. The molecule has 1 atom stereocenters. The van der Waals surface area contributed by atoms with Crippen LogP contribution >= 0.6 is 15.9 Å². The molecule has 0 radical (unpaired) electrons. The first-order valence-electron chi connectivity index (χ1n) is 7.58. The summed E-state index contributed by atoms with van der Waals surface area (Å²) in [4.78, 5) is 11.4. The van der Waals surface area contributed by atoms with Gasteiger partial charge in [-0.1, -0.05) is 0 Å². The summed E-state index contributed by atoms with van der Waals surface area (Å²) >= 11 is 3.49. The van der Waals surface area contributed by atoms with Crippen molar-refractivity contribution in [3.05, 3.63) is 22.6 Å². The third-order valence-electron chi connectivity index (χ3n) is 4.32. The Kier molecular flexibility index (Phi) is 4.57. The second-order valence-electron chi connectivity index (χ2n) is 5.85. The number of imidazole rings is 1. The molecule has 0 aliphatic carbocycles. The van der Waals surface area contributed by atoms with Crippen LogP contribution in [-0.2, 0) is 6.54 Å². The van der Waals surface area contributed by atoms with Gasteiger partial charge in [0, 0.05) is 23.8 Å². The molecule has 1 aliphatic rings. The van der Waals surface area contributed by atoms with Crippen molar-refractivity contribution in [3.8, 4) is 0 Å². The predicted molar refractivity (Wildman–Crippen MR) is 88.2 cm³/mol. The second-order valence-corrected chi connectivity index (χ2v) is 6.77. The van der Waals surface area contributed by atoms with Gasteiger partial charge < -0.3 is 15.2 Å². The van der Waals surface area contributed by atoms with Crippen molar-refractivity contribution in [2.75, 3.05) is 26.2 Å². The average molecular weight is 352 g/mol. The Balaban J connectivity index is 1.63. The van der Waals surface area contributed by atoms with Crippen LogP contribution in [0.25, 0.3) is 11.2 Å². The van der Waals surface area contributed by atoms with Gasteiger partial charge in [0.25, 0.3) is 0 Å². The summed E-state index contributed by atoms with van der Waals surface area (Å²) in [6.07, 6.45) is 4.19. The van der Waals surface area contributed by atoms with Crippen molar-refractivity contribution in [1.29, 1.82) is 0 Å². The van der Waals surface area contributed by atoms with Crippen LogP contribution in [0.4, 0.5) is 0 Å². The molecule has 0 bridgehead atoms. The first-order valence-corrected chi connectivity index (χ1v) is 8.37. The van der Waals surface area contributed by atoms with Gasteiger partial charge in [0.05, 0.1) is 5.52 Å². The third-order valence-corrected chi connectivity index (χ3v) is 4.76. The molecule has 1 fully saturated rings. The first kappa shape index (κ1) is 14.9. The lowest BCUT2D eigenvalue weighted by Gasteiger charge is -2.16. The van der Waals surface area contributed by atoms with Crippen LogP contribution in [0.3, 0.4) is 0 Å². The second kappa shape index (κ2) is 6.42. The quantitative estimate of drug-likeness (QED) is 0.896. The van der Waals surface area contributed by atoms with Crippen LogP contribution in [0.15, 0.2) is 16.7 Å². The molecule has 5 nitrogen and oxygen atoms in total. The van der Waals surface area contributed by atoms with Crippen LogP contribution in [0.5, 0.6) is 0 Å². The molecule has 2 N–H and O–H groups in total. The van der Waals surface area contributed by atoms with Crippen molar-refractivity contribution in [2.24, 2.45) is 11.7 Å². The number of rotatable bonds is 5. The average Bonchev–Trinajstić information content (AvgIpc) is 3.04. The number of pyridine rings is 1. The lowest BCUT2D eigenvalue weighted by atomic mass is 10.1. The fraction of sp³-hybridized carbons (Fsp3) is 0.600. The molecular weight excluding hydrogens is 330 g/mol. The lowest BCUT2D eigenvalue weighted by molar-refractivity contribution is 0.313. The molecule has 1 aliphatic heterocycles. The van der Waals surface area contributed by atoms with Gasteiger partial charge in [0.2, 0.25) is 0 Å². The summed E-state index contributed by atoms with van der Waals surface area (Å²) in [7, 11) is 0. The Labute approximate surface area is 133 Å². The number of halogens is 1. The molecule has 2 aromatic rings. The van der Waals surface area contributed by atoms with E-state index >= 15 is 0 Å². The highest BCUT2D eigenvalue weighted by atomic mass is 79.9. The van der Waals surface area contributed by atoms with Gasteiger partial charge in [0.1, 0.15) is 5.82 Å². The number of aryl methyl sites for hydroxylation is 2. The van der Waals surface area contributed by atoms with Crippen LogP contribution < -0.4 is 5.73 Å². The zero-order valence-electron chi connectivity index (χ0n) is 12.4. The molecule has 3 heterocycles. The Morgan fingerprint density at radius 1 is 1.43 bits per heavy atom. The predicted octanol–water partition coefficient (Wildman–Crippen LogP) is 2.17. The highest BCUT2D eigenvalue weighted by Crippen LogP contribution is 2.20. The van der Waals surface area contributed by atoms with Crippen LogP contribution in [0, 0.1) is 12.8 Å². The summed E-state index contributed by atoms with van der Waals surface area (Å²) in [6.45, 7) is 7.35. The van der Waals surface area contributed by atoms with Crippen LogP contribution in [-0.4, -0.2) is 45.6 Å². The van der Waals surface area contributed by atoms with E-state index in [1.54, 1.807) is 6.20 Å². The zero-order chi connectivity index (χ0) is 14.8.